The van der Waals surface area contributed by atoms with Gasteiger partial charge in [0, 0.05) is 0 Å². The van der Waals surface area contributed by atoms with Crippen LogP contribution in [0.4, 0.5) is 0 Å². The Kier molecular flexibility index (Phi) is 2.92. The summed E-state index contributed by atoms with van der Waals surface area (Å²) in [5.74, 6) is -1.62. The fourth-order valence-electron chi connectivity index (χ4n) is 1.20. The summed E-state index contributed by atoms with van der Waals surface area (Å²) in [7, 11) is 0. The highest BCUT2D eigenvalue weighted by Gasteiger charge is 2.16. The molecule has 74 valence electrons. The number of aliphatic carboxylic acids is 1. The lowest BCUT2D eigenvalue weighted by molar-refractivity contribution is -0.137. The van der Waals surface area contributed by atoms with E-state index in [0.29, 0.717) is 5.56 Å². The number of phenols is 1. The van der Waals surface area contributed by atoms with Gasteiger partial charge >= 0.3 is 5.97 Å². The van der Waals surface area contributed by atoms with Gasteiger partial charge in [-0.3, -0.25) is 4.79 Å². The predicted octanol–water partition coefficient (Wildman–Crippen LogP) is 2.05. The van der Waals surface area contributed by atoms with Crippen molar-refractivity contribution in [1.82, 2.24) is 0 Å². The summed E-state index contributed by atoms with van der Waals surface area (Å²) >= 11 is 0. The smallest absolute Gasteiger partial charge is 0.314 e. The van der Waals surface area contributed by atoms with Crippen LogP contribution in [0.5, 0.6) is 5.75 Å². The molecule has 1 unspecified atom stereocenters. The van der Waals surface area contributed by atoms with Gasteiger partial charge in [0.15, 0.2) is 0 Å². The molecule has 0 aliphatic rings. The second-order valence-corrected chi connectivity index (χ2v) is 3.10. The average molecular weight is 192 g/mol. The van der Waals surface area contributed by atoms with E-state index in [1.807, 2.05) is 0 Å². The van der Waals surface area contributed by atoms with Gasteiger partial charge in [0.2, 0.25) is 0 Å². The number of hydrogen-bond donors (Lipinski definition) is 2. The molecule has 14 heavy (non-hydrogen) atoms. The molecule has 2 N–H and O–H groups in total. The highest BCUT2D eigenvalue weighted by atomic mass is 16.4. The van der Waals surface area contributed by atoms with Crippen molar-refractivity contribution in [2.75, 3.05) is 0 Å². The van der Waals surface area contributed by atoms with Gasteiger partial charge in [0.25, 0.3) is 0 Å². The Balaban J connectivity index is 3.12. The molecule has 3 nitrogen and oxygen atoms in total. The second-order valence-electron chi connectivity index (χ2n) is 3.10. The van der Waals surface area contributed by atoms with Crippen LogP contribution in [0.2, 0.25) is 0 Å². The van der Waals surface area contributed by atoms with Crippen LogP contribution in [-0.2, 0) is 4.79 Å². The van der Waals surface area contributed by atoms with Crippen molar-refractivity contribution in [2.24, 2.45) is 0 Å². The van der Waals surface area contributed by atoms with E-state index in [2.05, 4.69) is 6.58 Å². The molecule has 0 amide bonds. The average Bonchev–Trinajstić information content (AvgIpc) is 2.11. The summed E-state index contributed by atoms with van der Waals surface area (Å²) in [5, 5.41) is 18.2. The minimum absolute atomic E-state index is 0.107. The zero-order valence-corrected chi connectivity index (χ0v) is 7.90. The number of aryl methyl sites for hydroxylation is 1. The van der Waals surface area contributed by atoms with Crippen molar-refractivity contribution in [3.05, 3.63) is 42.0 Å². The van der Waals surface area contributed by atoms with Crippen molar-refractivity contribution in [2.45, 2.75) is 12.8 Å². The van der Waals surface area contributed by atoms with Gasteiger partial charge in [0.05, 0.1) is 5.92 Å². The monoisotopic (exact) mass is 192 g/mol. The zero-order chi connectivity index (χ0) is 10.7. The molecule has 1 aromatic carbocycles. The SMILES string of the molecule is C=CC(C(=O)O)c1ccc(C)c(O)c1. The second kappa shape index (κ2) is 3.96. The number of hydrogen-bond acceptors (Lipinski definition) is 2. The lowest BCUT2D eigenvalue weighted by Gasteiger charge is -2.08. The summed E-state index contributed by atoms with van der Waals surface area (Å²) < 4.78 is 0. The summed E-state index contributed by atoms with van der Waals surface area (Å²) in [4.78, 5) is 10.8. The molecule has 3 heteroatoms. The zero-order valence-electron chi connectivity index (χ0n) is 7.90. The minimum Gasteiger partial charge on any atom is -0.508 e. The summed E-state index contributed by atoms with van der Waals surface area (Å²) in [6.07, 6.45) is 1.34. The maximum atomic E-state index is 10.8. The van der Waals surface area contributed by atoms with Gasteiger partial charge < -0.3 is 10.2 Å². The van der Waals surface area contributed by atoms with Crippen molar-refractivity contribution >= 4 is 5.97 Å². The Morgan fingerprint density at radius 1 is 1.57 bits per heavy atom. The van der Waals surface area contributed by atoms with E-state index >= 15 is 0 Å². The quantitative estimate of drug-likeness (QED) is 0.720. The topological polar surface area (TPSA) is 57.5 Å². The van der Waals surface area contributed by atoms with Crippen LogP contribution >= 0.6 is 0 Å². The first kappa shape index (κ1) is 10.3. The van der Waals surface area contributed by atoms with Gasteiger partial charge in [-0.2, -0.15) is 0 Å². The molecule has 0 bridgehead atoms. The first-order valence-electron chi connectivity index (χ1n) is 4.21. The summed E-state index contributed by atoms with van der Waals surface area (Å²) in [6.45, 7) is 5.20. The van der Waals surface area contributed by atoms with Gasteiger partial charge in [-0.1, -0.05) is 18.2 Å². The van der Waals surface area contributed by atoms with E-state index in [-0.39, 0.29) is 5.75 Å². The number of rotatable bonds is 3. The molecule has 1 atom stereocenters. The lowest BCUT2D eigenvalue weighted by Crippen LogP contribution is -2.08. The molecule has 0 aliphatic heterocycles. The standard InChI is InChI=1S/C11H12O3/c1-3-9(11(13)14)8-5-4-7(2)10(12)6-8/h3-6,9,12H,1H2,2H3,(H,13,14). The predicted molar refractivity (Wildman–Crippen MR) is 53.4 cm³/mol. The molecule has 0 radical (unpaired) electrons. The van der Waals surface area contributed by atoms with Crippen molar-refractivity contribution in [3.8, 4) is 5.75 Å². The Hall–Kier alpha value is -1.77. The summed E-state index contributed by atoms with van der Waals surface area (Å²) in [5.41, 5.74) is 1.26. The maximum Gasteiger partial charge on any atom is 0.314 e. The number of phenolic OH excluding ortho intramolecular Hbond substituents is 1. The minimum atomic E-state index is -0.969. The normalized spacial score (nSPS) is 12.1. The highest BCUT2D eigenvalue weighted by molar-refractivity contribution is 5.78. The van der Waals surface area contributed by atoms with Crippen LogP contribution in [0.15, 0.2) is 30.9 Å². The van der Waals surface area contributed by atoms with Crippen LogP contribution in [0.25, 0.3) is 0 Å². The number of aromatic hydroxyl groups is 1. The van der Waals surface area contributed by atoms with Crippen molar-refractivity contribution in [1.29, 1.82) is 0 Å². The van der Waals surface area contributed by atoms with Crippen LogP contribution in [0.3, 0.4) is 0 Å². The molecule has 0 saturated heterocycles. The first-order chi connectivity index (χ1) is 6.56. The first-order valence-corrected chi connectivity index (χ1v) is 4.21. The molecule has 0 spiro atoms. The van der Waals surface area contributed by atoms with Crippen LogP contribution in [0, 0.1) is 6.92 Å². The van der Waals surface area contributed by atoms with E-state index in [9.17, 15) is 9.90 Å². The van der Waals surface area contributed by atoms with E-state index in [0.717, 1.165) is 5.56 Å². The number of carbonyl (C=O) groups is 1. The number of carboxylic acid groups (broad SMARTS) is 1. The maximum absolute atomic E-state index is 10.8. The third-order valence-electron chi connectivity index (χ3n) is 2.09. The van der Waals surface area contributed by atoms with Crippen molar-refractivity contribution < 1.29 is 15.0 Å². The number of benzene rings is 1. The van der Waals surface area contributed by atoms with E-state index in [4.69, 9.17) is 5.11 Å². The van der Waals surface area contributed by atoms with E-state index in [1.165, 1.54) is 12.1 Å². The summed E-state index contributed by atoms with van der Waals surface area (Å²) in [6, 6.07) is 4.81. The molecule has 0 aliphatic carbocycles. The highest BCUT2D eigenvalue weighted by Crippen LogP contribution is 2.24. The van der Waals surface area contributed by atoms with Crippen LogP contribution in [-0.4, -0.2) is 16.2 Å². The van der Waals surface area contributed by atoms with Gasteiger partial charge in [-0.15, -0.1) is 6.58 Å². The van der Waals surface area contributed by atoms with Gasteiger partial charge in [0.1, 0.15) is 5.75 Å². The van der Waals surface area contributed by atoms with Gasteiger partial charge in [-0.05, 0) is 24.1 Å². The lowest BCUT2D eigenvalue weighted by atomic mass is 9.98. The molecule has 0 saturated carbocycles. The third kappa shape index (κ3) is 1.93. The van der Waals surface area contributed by atoms with Crippen LogP contribution in [0.1, 0.15) is 17.0 Å². The molecule has 1 rings (SSSR count). The molecule has 0 heterocycles. The van der Waals surface area contributed by atoms with Gasteiger partial charge in [-0.25, -0.2) is 0 Å². The van der Waals surface area contributed by atoms with Crippen LogP contribution < -0.4 is 0 Å². The molecule has 1 aromatic rings. The fourth-order valence-corrected chi connectivity index (χ4v) is 1.20. The Morgan fingerprint density at radius 2 is 2.21 bits per heavy atom. The Morgan fingerprint density at radius 3 is 2.64 bits per heavy atom. The Labute approximate surface area is 82.3 Å². The molecular formula is C11H12O3. The fraction of sp³-hybridized carbons (Fsp3) is 0.182. The third-order valence-corrected chi connectivity index (χ3v) is 2.09. The Bertz CT molecular complexity index is 369. The van der Waals surface area contributed by atoms with E-state index < -0.39 is 11.9 Å². The van der Waals surface area contributed by atoms with Crippen molar-refractivity contribution in [3.63, 3.8) is 0 Å². The molecule has 0 aromatic heterocycles. The number of carboxylic acids is 1. The van der Waals surface area contributed by atoms with E-state index in [1.54, 1.807) is 19.1 Å². The molecule has 0 fully saturated rings. The largest absolute Gasteiger partial charge is 0.508 e. The molecular weight excluding hydrogens is 180 g/mol.